The van der Waals surface area contributed by atoms with Crippen LogP contribution in [0.15, 0.2) is 182 Å². The van der Waals surface area contributed by atoms with Gasteiger partial charge in [-0.15, -0.1) is 28.8 Å². The Morgan fingerprint density at radius 1 is 0.644 bits per heavy atom. The maximum atomic E-state index is 9.12. The smallest absolute Gasteiger partial charge is 0.135 e. The van der Waals surface area contributed by atoms with Crippen LogP contribution in [-0.4, -0.2) is 20.7 Å². The van der Waals surface area contributed by atoms with E-state index < -0.39 is 43.1 Å². The molecule has 0 N–H and O–H groups in total. The van der Waals surface area contributed by atoms with E-state index in [0.717, 1.165) is 61.2 Å². The minimum absolute atomic E-state index is 0. The molecule has 7 heteroatoms. The molecule has 0 saturated carbocycles. The van der Waals surface area contributed by atoms with Crippen LogP contribution >= 0.6 is 0 Å². The van der Waals surface area contributed by atoms with Gasteiger partial charge in [0.1, 0.15) is 5.82 Å². The van der Waals surface area contributed by atoms with Gasteiger partial charge in [0, 0.05) is 70.5 Å². The summed E-state index contributed by atoms with van der Waals surface area (Å²) in [6.07, 6.45) is 2.26. The van der Waals surface area contributed by atoms with Crippen molar-refractivity contribution in [3.05, 3.63) is 229 Å². The zero-order chi connectivity index (χ0) is 58.8. The molecule has 0 radical (unpaired) electrons. The van der Waals surface area contributed by atoms with E-state index in [1.165, 1.54) is 10.1 Å². The number of hydrogen-bond acceptors (Lipinski definition) is 4. The van der Waals surface area contributed by atoms with Gasteiger partial charge in [-0.25, -0.2) is 4.98 Å². The molecular formula is C66H58N5OPt-3. The van der Waals surface area contributed by atoms with Gasteiger partial charge >= 0.3 is 0 Å². The molecule has 1 aliphatic heterocycles. The van der Waals surface area contributed by atoms with Crippen molar-refractivity contribution in [3.63, 3.8) is 0 Å². The van der Waals surface area contributed by atoms with Crippen LogP contribution in [0.5, 0.6) is 5.75 Å². The van der Waals surface area contributed by atoms with Crippen molar-refractivity contribution in [2.75, 3.05) is 16.3 Å². The van der Waals surface area contributed by atoms with E-state index in [-0.39, 0.29) is 72.4 Å². The average Bonchev–Trinajstić information content (AvgIpc) is 1.60. The Balaban J connectivity index is 0.00000736. The number of rotatable bonds is 10. The monoisotopic (exact) mass is 1140 g/mol. The van der Waals surface area contributed by atoms with Crippen molar-refractivity contribution in [1.29, 1.82) is 0 Å². The summed E-state index contributed by atoms with van der Waals surface area (Å²) in [5, 5.41) is 1.50. The summed E-state index contributed by atoms with van der Waals surface area (Å²) in [6, 6.07) is 45.1. The first-order valence-electron chi connectivity index (χ1n) is 29.8. The van der Waals surface area contributed by atoms with E-state index in [2.05, 4.69) is 93.8 Å². The number of fused-ring (bicyclic) bond motifs is 7. The van der Waals surface area contributed by atoms with Crippen LogP contribution in [0, 0.1) is 25.7 Å². The Hall–Kier alpha value is -7.40. The zero-order valence-electron chi connectivity index (χ0n) is 52.4. The first kappa shape index (κ1) is 36.5. The van der Waals surface area contributed by atoms with E-state index in [1.807, 2.05) is 96.2 Å². The fraction of sp³-hybridized carbons (Fsp3) is 0.182. The molecule has 12 rings (SSSR count). The largest absolute Gasteiger partial charge is 0.517 e. The molecule has 0 bridgehead atoms. The number of anilines is 3. The molecule has 8 aromatic carbocycles. The summed E-state index contributed by atoms with van der Waals surface area (Å²) in [6.45, 7) is 13.3. The van der Waals surface area contributed by atoms with Crippen LogP contribution in [0.3, 0.4) is 0 Å². The molecule has 0 saturated heterocycles. The summed E-state index contributed by atoms with van der Waals surface area (Å²) >= 11 is 0. The third kappa shape index (κ3) is 8.80. The normalized spacial score (nSPS) is 15.1. The maximum Gasteiger partial charge on any atom is 0.135 e. The standard InChI is InChI=1S/C66H58N5O.Pt/c1-44-17-14-24-53(46-19-16-20-47(38-46)65(2,3)4)52(44)34-36-68-43-69(62-28-13-12-27-61(62)68)49-21-15-18-45(37-49)42-72-51-30-31-56-57-40-50(70-58-25-10-8-22-54(58)55-23-9-11-26-59(55)70)29-32-60(57)71(63(56)41-51)64-39-48(33-35-67-64)66(5,6)7;/h8-33,35,38-40,43H,34,36,42H2,1-7H3;/q-3;/i1D3,8D,9D,10D,11D,22D,23D,25D,26D;. The topological polar surface area (TPSA) is 38.5 Å². The molecular weight excluding hydrogens is 1070 g/mol. The predicted octanol–water partition coefficient (Wildman–Crippen LogP) is 16.3. The van der Waals surface area contributed by atoms with Gasteiger partial charge in [0.2, 0.25) is 0 Å². The zero-order valence-corrected chi connectivity index (χ0v) is 43.6. The number of aryl methyl sites for hydroxylation is 1. The number of para-hydroxylation sites is 4. The van der Waals surface area contributed by atoms with E-state index in [4.69, 9.17) is 24.8 Å². The summed E-state index contributed by atoms with van der Waals surface area (Å²) in [4.78, 5) is 9.14. The molecule has 0 amide bonds. The van der Waals surface area contributed by atoms with Crippen LogP contribution < -0.4 is 14.5 Å². The molecule has 11 aromatic rings. The van der Waals surface area contributed by atoms with Crippen LogP contribution in [0.25, 0.3) is 66.2 Å². The van der Waals surface area contributed by atoms with Crippen LogP contribution in [-0.2, 0) is 44.9 Å². The van der Waals surface area contributed by atoms with Crippen molar-refractivity contribution in [2.45, 2.75) is 72.3 Å². The molecule has 1 aliphatic rings. The maximum absolute atomic E-state index is 9.12. The van der Waals surface area contributed by atoms with Gasteiger partial charge < -0.3 is 23.7 Å². The minimum Gasteiger partial charge on any atom is -0.517 e. The van der Waals surface area contributed by atoms with E-state index in [1.54, 1.807) is 18.3 Å². The van der Waals surface area contributed by atoms with Gasteiger partial charge in [-0.3, -0.25) is 0 Å². The third-order valence-electron chi connectivity index (χ3n) is 13.8. The average molecular weight is 1140 g/mol. The number of nitrogens with zero attached hydrogens (tertiary/aromatic N) is 5. The number of ether oxygens (including phenoxy) is 1. The third-order valence-corrected chi connectivity index (χ3v) is 13.8. The molecule has 366 valence electrons. The molecule has 0 unspecified atom stereocenters. The van der Waals surface area contributed by atoms with Crippen LogP contribution in [0.1, 0.15) is 84.4 Å². The Labute approximate surface area is 459 Å². The number of aromatic nitrogens is 3. The Kier molecular flexibility index (Phi) is 9.45. The summed E-state index contributed by atoms with van der Waals surface area (Å²) in [5.41, 5.74) is 10.4. The van der Waals surface area contributed by atoms with Crippen LogP contribution in [0.4, 0.5) is 17.1 Å². The Morgan fingerprint density at radius 2 is 1.37 bits per heavy atom. The van der Waals surface area contributed by atoms with Crippen molar-refractivity contribution in [3.8, 4) is 28.4 Å². The molecule has 6 nitrogen and oxygen atoms in total. The predicted molar refractivity (Wildman–Crippen MR) is 299 cm³/mol. The van der Waals surface area contributed by atoms with Gasteiger partial charge in [-0.2, -0.15) is 37.0 Å². The summed E-state index contributed by atoms with van der Waals surface area (Å²) < 4.78 is 106. The molecule has 3 aromatic heterocycles. The Morgan fingerprint density at radius 3 is 2.14 bits per heavy atom. The minimum atomic E-state index is -2.31. The summed E-state index contributed by atoms with van der Waals surface area (Å²) in [5.74, 6) is 1.08. The first-order valence-corrected chi connectivity index (χ1v) is 24.3. The van der Waals surface area contributed by atoms with Crippen molar-refractivity contribution in [1.82, 2.24) is 14.1 Å². The SMILES string of the molecule is [2H]c1c([2H])c([2H])c2c(c1[2H])c1c([2H])c([2H])c([2H])c([2H])c1n2-c1ccc2c(c1)c1ccc(OCc3[c-]c(N4[CH-]N(CCc5c(-c6cccc(C(C)(C)C)c6)cccc5C([2H])([2H])[2H])c5ccccc54)ccc3)[c-]c1n2-c1cc(C(C)(C)C)ccn1.[Pt]. The second-order valence-electron chi connectivity index (χ2n) is 20.5. The van der Waals surface area contributed by atoms with Crippen molar-refractivity contribution < 1.29 is 40.9 Å². The van der Waals surface area contributed by atoms with Gasteiger partial charge in [0.15, 0.2) is 0 Å². The van der Waals surface area contributed by atoms with E-state index in [0.29, 0.717) is 41.3 Å². The van der Waals surface area contributed by atoms with Gasteiger partial charge in [0.05, 0.1) is 28.6 Å². The number of pyridine rings is 1. The number of benzene rings is 8. The van der Waals surface area contributed by atoms with Crippen molar-refractivity contribution >= 4 is 60.7 Å². The molecule has 0 spiro atoms. The van der Waals surface area contributed by atoms with Crippen LogP contribution in [0.2, 0.25) is 0 Å². The number of hydrogen-bond donors (Lipinski definition) is 0. The van der Waals surface area contributed by atoms with Gasteiger partial charge in [0.25, 0.3) is 0 Å². The second kappa shape index (κ2) is 18.9. The van der Waals surface area contributed by atoms with Crippen molar-refractivity contribution in [2.24, 2.45) is 0 Å². The fourth-order valence-electron chi connectivity index (χ4n) is 10.0. The van der Waals surface area contributed by atoms with Gasteiger partial charge in [-0.1, -0.05) is 138 Å². The van der Waals surface area contributed by atoms with E-state index in [9.17, 15) is 0 Å². The quantitative estimate of drug-likeness (QED) is 0.128. The molecule has 0 fully saturated rings. The fourth-order valence-corrected chi connectivity index (χ4v) is 10.0. The van der Waals surface area contributed by atoms with Gasteiger partial charge in [-0.05, 0) is 124 Å². The summed E-state index contributed by atoms with van der Waals surface area (Å²) in [7, 11) is 0. The van der Waals surface area contributed by atoms with E-state index >= 15 is 0 Å². The second-order valence-corrected chi connectivity index (χ2v) is 20.5. The Bertz CT molecular complexity index is 4380. The molecule has 0 aliphatic carbocycles. The molecule has 0 atom stereocenters. The molecule has 4 heterocycles. The first-order chi connectivity index (χ1) is 39.4. The molecule has 73 heavy (non-hydrogen) atoms.